The molecule has 0 aliphatic rings. The first kappa shape index (κ1) is 16.8. The van der Waals surface area contributed by atoms with E-state index in [9.17, 15) is 4.79 Å². The molecule has 23 heavy (non-hydrogen) atoms. The monoisotopic (exact) mass is 468 g/mol. The summed E-state index contributed by atoms with van der Waals surface area (Å²) < 4.78 is 1.96. The van der Waals surface area contributed by atoms with Gasteiger partial charge in [0.2, 0.25) is 0 Å². The van der Waals surface area contributed by atoms with Crippen LogP contribution in [-0.4, -0.2) is 21.7 Å². The van der Waals surface area contributed by atoms with E-state index in [1.165, 1.54) is 23.1 Å². The van der Waals surface area contributed by atoms with Gasteiger partial charge < -0.3 is 0 Å². The predicted molar refractivity (Wildman–Crippen MR) is 102 cm³/mol. The maximum absolute atomic E-state index is 12.1. The molecular weight excluding hydrogens is 460 g/mol. The number of hydrogen-bond donors (Lipinski definition) is 0. The maximum Gasteiger partial charge on any atom is 0.183 e. The number of benzene rings is 1. The van der Waals surface area contributed by atoms with Crippen LogP contribution in [0.15, 0.2) is 61.8 Å². The van der Waals surface area contributed by atoms with E-state index in [-0.39, 0.29) is 5.78 Å². The third-order valence-electron chi connectivity index (χ3n) is 2.96. The molecule has 7 heteroatoms. The van der Waals surface area contributed by atoms with Crippen LogP contribution in [0.2, 0.25) is 0 Å². The van der Waals surface area contributed by atoms with E-state index in [0.717, 1.165) is 29.4 Å². The summed E-state index contributed by atoms with van der Waals surface area (Å²) in [4.78, 5) is 12.8. The van der Waals surface area contributed by atoms with E-state index in [0.29, 0.717) is 5.75 Å². The van der Waals surface area contributed by atoms with Gasteiger partial charge in [-0.25, -0.2) is 0 Å². The zero-order chi connectivity index (χ0) is 16.2. The Balaban J connectivity index is 1.65. The number of halogens is 2. The molecular formula is C16H10Br2N2OS2. The van der Waals surface area contributed by atoms with Crippen LogP contribution in [0.25, 0.3) is 11.3 Å². The SMILES string of the molecule is O=C(CSc1ccc(-c2cccc(Br)c2)nn1)c1ccc(Br)s1. The van der Waals surface area contributed by atoms with Gasteiger partial charge in [-0.15, -0.1) is 21.5 Å². The lowest BCUT2D eigenvalue weighted by Gasteiger charge is -2.02. The summed E-state index contributed by atoms with van der Waals surface area (Å²) in [6.07, 6.45) is 0. The number of thioether (sulfide) groups is 1. The highest BCUT2D eigenvalue weighted by Gasteiger charge is 2.10. The first-order valence-electron chi connectivity index (χ1n) is 6.63. The van der Waals surface area contributed by atoms with Crippen molar-refractivity contribution in [1.82, 2.24) is 10.2 Å². The Morgan fingerprint density at radius 2 is 1.96 bits per heavy atom. The van der Waals surface area contributed by atoms with Crippen LogP contribution in [-0.2, 0) is 0 Å². The molecule has 0 radical (unpaired) electrons. The number of ketones is 1. The van der Waals surface area contributed by atoms with Gasteiger partial charge in [-0.3, -0.25) is 4.79 Å². The minimum atomic E-state index is 0.101. The second-order valence-corrected chi connectivity index (χ2v) is 8.96. The second-order valence-electron chi connectivity index (χ2n) is 4.58. The molecule has 0 atom stereocenters. The van der Waals surface area contributed by atoms with Crippen LogP contribution in [0, 0.1) is 0 Å². The molecule has 0 fully saturated rings. The Hall–Kier alpha value is -1.02. The predicted octanol–water partition coefficient (Wildman–Crippen LogP) is 5.71. The number of hydrogen-bond acceptors (Lipinski definition) is 5. The van der Waals surface area contributed by atoms with Gasteiger partial charge in [0.05, 0.1) is 20.1 Å². The van der Waals surface area contributed by atoms with Crippen LogP contribution in [0.4, 0.5) is 0 Å². The fourth-order valence-corrected chi connectivity index (χ4v) is 4.39. The number of thiophene rings is 1. The molecule has 3 aromatic rings. The Bertz CT molecular complexity index is 834. The average Bonchev–Trinajstić information content (AvgIpc) is 3.00. The van der Waals surface area contributed by atoms with Crippen molar-refractivity contribution in [2.45, 2.75) is 5.03 Å². The zero-order valence-electron chi connectivity index (χ0n) is 11.7. The molecule has 0 spiro atoms. The molecule has 1 aromatic carbocycles. The molecule has 0 saturated heterocycles. The van der Waals surface area contributed by atoms with Crippen molar-refractivity contribution in [3.8, 4) is 11.3 Å². The normalized spacial score (nSPS) is 10.7. The highest BCUT2D eigenvalue weighted by atomic mass is 79.9. The summed E-state index contributed by atoms with van der Waals surface area (Å²) >= 11 is 9.66. The van der Waals surface area contributed by atoms with Crippen molar-refractivity contribution in [1.29, 1.82) is 0 Å². The lowest BCUT2D eigenvalue weighted by atomic mass is 10.1. The van der Waals surface area contributed by atoms with Gasteiger partial charge in [-0.05, 0) is 52.3 Å². The van der Waals surface area contributed by atoms with E-state index >= 15 is 0 Å². The average molecular weight is 470 g/mol. The second kappa shape index (κ2) is 7.70. The number of aromatic nitrogens is 2. The molecule has 0 N–H and O–H groups in total. The first-order valence-corrected chi connectivity index (χ1v) is 10.0. The van der Waals surface area contributed by atoms with Gasteiger partial charge in [0.15, 0.2) is 5.78 Å². The number of nitrogens with zero attached hydrogens (tertiary/aromatic N) is 2. The quantitative estimate of drug-likeness (QED) is 0.354. The minimum absolute atomic E-state index is 0.101. The summed E-state index contributed by atoms with van der Waals surface area (Å²) in [5, 5.41) is 9.18. The van der Waals surface area contributed by atoms with Crippen molar-refractivity contribution in [3.05, 3.63) is 61.7 Å². The third kappa shape index (κ3) is 4.50. The molecule has 0 unspecified atom stereocenters. The van der Waals surface area contributed by atoms with E-state index in [1.54, 1.807) is 0 Å². The standard InChI is InChI=1S/C16H10Br2N2OS2/c17-11-3-1-2-10(8-11)12-4-7-16(20-19-12)22-9-13(21)14-5-6-15(18)23-14/h1-8H,9H2. The van der Waals surface area contributed by atoms with E-state index in [1.807, 2.05) is 48.5 Å². The van der Waals surface area contributed by atoms with Crippen LogP contribution < -0.4 is 0 Å². The molecule has 3 rings (SSSR count). The maximum atomic E-state index is 12.1. The number of carbonyl (C=O) groups is 1. The molecule has 0 amide bonds. The van der Waals surface area contributed by atoms with Crippen molar-refractivity contribution in [2.75, 3.05) is 5.75 Å². The topological polar surface area (TPSA) is 42.9 Å². The van der Waals surface area contributed by atoms with Crippen molar-refractivity contribution in [3.63, 3.8) is 0 Å². The van der Waals surface area contributed by atoms with Crippen LogP contribution in [0.5, 0.6) is 0 Å². The van der Waals surface area contributed by atoms with Crippen molar-refractivity contribution < 1.29 is 4.79 Å². The van der Waals surface area contributed by atoms with Gasteiger partial charge in [0, 0.05) is 10.0 Å². The van der Waals surface area contributed by atoms with Crippen LogP contribution in [0.1, 0.15) is 9.67 Å². The molecule has 0 bridgehead atoms. The Morgan fingerprint density at radius 1 is 1.09 bits per heavy atom. The first-order chi connectivity index (χ1) is 11.1. The highest BCUT2D eigenvalue weighted by molar-refractivity contribution is 9.11. The van der Waals surface area contributed by atoms with Gasteiger partial charge in [0.1, 0.15) is 5.03 Å². The molecule has 2 aromatic heterocycles. The molecule has 0 aliphatic heterocycles. The molecule has 0 aliphatic carbocycles. The molecule has 2 heterocycles. The van der Waals surface area contributed by atoms with Crippen molar-refractivity contribution in [2.24, 2.45) is 0 Å². The Kier molecular flexibility index (Phi) is 5.63. The molecule has 3 nitrogen and oxygen atoms in total. The lowest BCUT2D eigenvalue weighted by Crippen LogP contribution is -2.00. The largest absolute Gasteiger partial charge is 0.292 e. The summed E-state index contributed by atoms with van der Waals surface area (Å²) in [7, 11) is 0. The Labute approximate surface area is 158 Å². The molecule has 116 valence electrons. The number of carbonyl (C=O) groups excluding carboxylic acids is 1. The number of rotatable bonds is 5. The van der Waals surface area contributed by atoms with Crippen molar-refractivity contribution >= 4 is 60.7 Å². The minimum Gasteiger partial charge on any atom is -0.292 e. The fourth-order valence-electron chi connectivity index (χ4n) is 1.87. The summed E-state index contributed by atoms with van der Waals surface area (Å²) in [5.74, 6) is 0.460. The van der Waals surface area contributed by atoms with Gasteiger partial charge in [-0.2, -0.15) is 0 Å². The highest BCUT2D eigenvalue weighted by Crippen LogP contribution is 2.26. The third-order valence-corrected chi connectivity index (χ3v) is 6.04. The summed E-state index contributed by atoms with van der Waals surface area (Å²) in [6.45, 7) is 0. The zero-order valence-corrected chi connectivity index (χ0v) is 16.5. The number of Topliss-reactive ketones (excluding diaryl/α,β-unsaturated/α-hetero) is 1. The van der Waals surface area contributed by atoms with Gasteiger partial charge in [0.25, 0.3) is 0 Å². The van der Waals surface area contributed by atoms with Gasteiger partial charge in [-0.1, -0.05) is 39.8 Å². The van der Waals surface area contributed by atoms with E-state index in [2.05, 4.69) is 42.1 Å². The molecule has 0 saturated carbocycles. The van der Waals surface area contributed by atoms with Crippen LogP contribution >= 0.6 is 55.0 Å². The van der Waals surface area contributed by atoms with E-state index in [4.69, 9.17) is 0 Å². The van der Waals surface area contributed by atoms with Gasteiger partial charge >= 0.3 is 0 Å². The fraction of sp³-hybridized carbons (Fsp3) is 0.0625. The van der Waals surface area contributed by atoms with Crippen LogP contribution in [0.3, 0.4) is 0 Å². The summed E-state index contributed by atoms with van der Waals surface area (Å²) in [5.41, 5.74) is 1.81. The lowest BCUT2D eigenvalue weighted by molar-refractivity contribution is 0.102. The van der Waals surface area contributed by atoms with E-state index < -0.39 is 0 Å². The Morgan fingerprint density at radius 3 is 2.61 bits per heavy atom. The summed E-state index contributed by atoms with van der Waals surface area (Å²) in [6, 6.07) is 15.4. The smallest absolute Gasteiger partial charge is 0.183 e.